The fourth-order valence-corrected chi connectivity index (χ4v) is 1.75. The number of carbonyl (C=O) groups is 1. The predicted molar refractivity (Wildman–Crippen MR) is 59.1 cm³/mol. The molecule has 0 bridgehead atoms. The SMILES string of the molecule is CCC(C)(N)C(=O)C1=CCCCCC1. The Balaban J connectivity index is 2.72. The van der Waals surface area contributed by atoms with E-state index in [0.717, 1.165) is 24.8 Å². The minimum Gasteiger partial charge on any atom is -0.319 e. The molecule has 0 aromatic heterocycles. The maximum absolute atomic E-state index is 12.0. The number of Topliss-reactive ketones (excluding diaryl/α,β-unsaturated/α-hetero) is 1. The zero-order valence-electron chi connectivity index (χ0n) is 9.31. The molecule has 0 fully saturated rings. The van der Waals surface area contributed by atoms with Crippen LogP contribution in [0, 0.1) is 0 Å². The van der Waals surface area contributed by atoms with Crippen LogP contribution in [0.4, 0.5) is 0 Å². The molecule has 0 heterocycles. The quantitative estimate of drug-likeness (QED) is 0.752. The van der Waals surface area contributed by atoms with Crippen LogP contribution in [0.1, 0.15) is 52.4 Å². The Morgan fingerprint density at radius 2 is 2.21 bits per heavy atom. The normalized spacial score (nSPS) is 22.1. The van der Waals surface area contributed by atoms with Gasteiger partial charge in [-0.3, -0.25) is 4.79 Å². The second-order valence-electron chi connectivity index (χ2n) is 4.43. The van der Waals surface area contributed by atoms with Crippen molar-refractivity contribution in [2.75, 3.05) is 0 Å². The van der Waals surface area contributed by atoms with Gasteiger partial charge in [-0.05, 0) is 44.6 Å². The van der Waals surface area contributed by atoms with Crippen LogP contribution in [0.2, 0.25) is 0 Å². The maximum atomic E-state index is 12.0. The van der Waals surface area contributed by atoms with Gasteiger partial charge >= 0.3 is 0 Å². The van der Waals surface area contributed by atoms with Crippen LogP contribution in [0.25, 0.3) is 0 Å². The number of ketones is 1. The molecule has 0 radical (unpaired) electrons. The van der Waals surface area contributed by atoms with E-state index in [1.54, 1.807) is 0 Å². The van der Waals surface area contributed by atoms with Crippen LogP contribution >= 0.6 is 0 Å². The number of rotatable bonds is 3. The summed E-state index contributed by atoms with van der Waals surface area (Å²) in [6, 6.07) is 0. The van der Waals surface area contributed by atoms with Gasteiger partial charge in [0.25, 0.3) is 0 Å². The van der Waals surface area contributed by atoms with Crippen LogP contribution in [-0.2, 0) is 4.79 Å². The molecule has 14 heavy (non-hydrogen) atoms. The molecule has 2 heteroatoms. The number of hydrogen-bond donors (Lipinski definition) is 1. The highest BCUT2D eigenvalue weighted by molar-refractivity contribution is 6.02. The van der Waals surface area contributed by atoms with E-state index in [2.05, 4.69) is 6.08 Å². The number of nitrogens with two attached hydrogens (primary N) is 1. The Morgan fingerprint density at radius 3 is 2.86 bits per heavy atom. The van der Waals surface area contributed by atoms with E-state index in [9.17, 15) is 4.79 Å². The van der Waals surface area contributed by atoms with Gasteiger partial charge in [0.05, 0.1) is 5.54 Å². The first-order chi connectivity index (χ1) is 6.58. The molecular formula is C12H21NO. The molecule has 2 N–H and O–H groups in total. The van der Waals surface area contributed by atoms with Crippen molar-refractivity contribution in [1.82, 2.24) is 0 Å². The molecule has 1 aliphatic carbocycles. The molecule has 1 atom stereocenters. The molecular weight excluding hydrogens is 174 g/mol. The highest BCUT2D eigenvalue weighted by Gasteiger charge is 2.28. The van der Waals surface area contributed by atoms with Gasteiger partial charge in [-0.25, -0.2) is 0 Å². The van der Waals surface area contributed by atoms with Crippen LogP contribution < -0.4 is 5.73 Å². The Labute approximate surface area is 86.6 Å². The molecule has 0 aliphatic heterocycles. The maximum Gasteiger partial charge on any atom is 0.178 e. The summed E-state index contributed by atoms with van der Waals surface area (Å²) in [4.78, 5) is 12.0. The predicted octanol–water partition coefficient (Wildman–Crippen LogP) is 2.57. The molecule has 0 spiro atoms. The van der Waals surface area contributed by atoms with Crippen molar-refractivity contribution in [2.24, 2.45) is 5.73 Å². The second-order valence-corrected chi connectivity index (χ2v) is 4.43. The zero-order valence-corrected chi connectivity index (χ0v) is 9.31. The molecule has 1 aliphatic rings. The van der Waals surface area contributed by atoms with E-state index >= 15 is 0 Å². The van der Waals surface area contributed by atoms with Crippen molar-refractivity contribution in [1.29, 1.82) is 0 Å². The first kappa shape index (κ1) is 11.4. The molecule has 0 saturated heterocycles. The third-order valence-corrected chi connectivity index (χ3v) is 3.09. The molecule has 0 aromatic rings. The third kappa shape index (κ3) is 2.68. The van der Waals surface area contributed by atoms with Crippen molar-refractivity contribution in [3.05, 3.63) is 11.6 Å². The fraction of sp³-hybridized carbons (Fsp3) is 0.750. The van der Waals surface area contributed by atoms with Gasteiger partial charge in [0.2, 0.25) is 0 Å². The zero-order chi connectivity index (χ0) is 10.6. The first-order valence-corrected chi connectivity index (χ1v) is 5.60. The summed E-state index contributed by atoms with van der Waals surface area (Å²) in [5.74, 6) is 0.155. The summed E-state index contributed by atoms with van der Waals surface area (Å²) in [5, 5.41) is 0. The molecule has 0 aromatic carbocycles. The third-order valence-electron chi connectivity index (χ3n) is 3.09. The molecule has 0 saturated carbocycles. The molecule has 0 amide bonds. The van der Waals surface area contributed by atoms with Crippen molar-refractivity contribution in [2.45, 2.75) is 57.9 Å². The monoisotopic (exact) mass is 195 g/mol. The van der Waals surface area contributed by atoms with E-state index in [0.29, 0.717) is 6.42 Å². The number of carbonyl (C=O) groups excluding carboxylic acids is 1. The highest BCUT2D eigenvalue weighted by atomic mass is 16.1. The average molecular weight is 195 g/mol. The number of hydrogen-bond acceptors (Lipinski definition) is 2. The van der Waals surface area contributed by atoms with Crippen molar-refractivity contribution >= 4 is 5.78 Å². The lowest BCUT2D eigenvalue weighted by Gasteiger charge is -2.22. The van der Waals surface area contributed by atoms with Gasteiger partial charge in [-0.1, -0.05) is 19.4 Å². The van der Waals surface area contributed by atoms with Gasteiger partial charge < -0.3 is 5.73 Å². The van der Waals surface area contributed by atoms with Crippen molar-refractivity contribution in [3.63, 3.8) is 0 Å². The standard InChI is InChI=1S/C12H21NO/c1-3-12(2,13)11(14)10-8-6-4-5-7-9-10/h8H,3-7,9,13H2,1-2H3. The summed E-state index contributed by atoms with van der Waals surface area (Å²) in [6.07, 6.45) is 8.36. The Morgan fingerprint density at radius 1 is 1.50 bits per heavy atom. The van der Waals surface area contributed by atoms with Crippen LogP contribution in [-0.4, -0.2) is 11.3 Å². The van der Waals surface area contributed by atoms with Gasteiger partial charge in [0, 0.05) is 0 Å². The van der Waals surface area contributed by atoms with Crippen LogP contribution in [0.5, 0.6) is 0 Å². The van der Waals surface area contributed by atoms with E-state index in [1.807, 2.05) is 13.8 Å². The average Bonchev–Trinajstić information content (AvgIpc) is 2.44. The summed E-state index contributed by atoms with van der Waals surface area (Å²) >= 11 is 0. The molecule has 1 rings (SSSR count). The Bertz CT molecular complexity index is 241. The second kappa shape index (κ2) is 4.74. The highest BCUT2D eigenvalue weighted by Crippen LogP contribution is 2.22. The van der Waals surface area contributed by atoms with Gasteiger partial charge in [0.1, 0.15) is 0 Å². The van der Waals surface area contributed by atoms with E-state index in [1.165, 1.54) is 12.8 Å². The largest absolute Gasteiger partial charge is 0.319 e. The fourth-order valence-electron chi connectivity index (χ4n) is 1.75. The Hall–Kier alpha value is -0.630. The Kier molecular flexibility index (Phi) is 3.87. The summed E-state index contributed by atoms with van der Waals surface area (Å²) in [5.41, 5.74) is 6.26. The molecule has 1 unspecified atom stereocenters. The number of allylic oxidation sites excluding steroid dienone is 1. The van der Waals surface area contributed by atoms with Gasteiger partial charge in [-0.2, -0.15) is 0 Å². The lowest BCUT2D eigenvalue weighted by molar-refractivity contribution is -0.120. The lowest BCUT2D eigenvalue weighted by Crippen LogP contribution is -2.45. The summed E-state index contributed by atoms with van der Waals surface area (Å²) in [7, 11) is 0. The lowest BCUT2D eigenvalue weighted by atomic mass is 9.88. The van der Waals surface area contributed by atoms with E-state index < -0.39 is 5.54 Å². The van der Waals surface area contributed by atoms with Crippen molar-refractivity contribution in [3.8, 4) is 0 Å². The summed E-state index contributed by atoms with van der Waals surface area (Å²) in [6.45, 7) is 3.80. The van der Waals surface area contributed by atoms with E-state index in [-0.39, 0.29) is 5.78 Å². The van der Waals surface area contributed by atoms with Gasteiger partial charge in [-0.15, -0.1) is 0 Å². The van der Waals surface area contributed by atoms with Crippen LogP contribution in [0.15, 0.2) is 11.6 Å². The molecule has 2 nitrogen and oxygen atoms in total. The summed E-state index contributed by atoms with van der Waals surface area (Å²) < 4.78 is 0. The van der Waals surface area contributed by atoms with Crippen LogP contribution in [0.3, 0.4) is 0 Å². The minimum absolute atomic E-state index is 0.155. The molecule has 80 valence electrons. The smallest absolute Gasteiger partial charge is 0.178 e. The van der Waals surface area contributed by atoms with Crippen molar-refractivity contribution < 1.29 is 4.79 Å². The van der Waals surface area contributed by atoms with Gasteiger partial charge in [0.15, 0.2) is 5.78 Å². The minimum atomic E-state index is -0.657. The topological polar surface area (TPSA) is 43.1 Å². The van der Waals surface area contributed by atoms with E-state index in [4.69, 9.17) is 5.73 Å². The first-order valence-electron chi connectivity index (χ1n) is 5.60.